The number of sulfonamides is 1. The molecule has 5 nitrogen and oxygen atoms in total. The largest absolute Gasteiger partial charge is 0.418 e. The Kier molecular flexibility index (Phi) is 3.78. The van der Waals surface area contributed by atoms with E-state index in [9.17, 15) is 21.6 Å². The van der Waals surface area contributed by atoms with Crippen LogP contribution < -0.4 is 5.32 Å². The van der Waals surface area contributed by atoms with E-state index in [0.717, 1.165) is 13.0 Å². The fraction of sp³-hybridized carbons (Fsp3) is 0.438. The summed E-state index contributed by atoms with van der Waals surface area (Å²) in [6.07, 6.45) is -1.86. The zero-order valence-corrected chi connectivity index (χ0v) is 13.9. The Hall–Kier alpha value is -1.71. The van der Waals surface area contributed by atoms with Crippen LogP contribution in [0.5, 0.6) is 0 Å². The van der Waals surface area contributed by atoms with E-state index >= 15 is 0 Å². The molecule has 9 heteroatoms. The number of benzene rings is 1. The van der Waals surface area contributed by atoms with Crippen molar-refractivity contribution >= 4 is 20.8 Å². The van der Waals surface area contributed by atoms with Gasteiger partial charge >= 0.3 is 6.18 Å². The first kappa shape index (κ1) is 16.7. The normalized spacial score (nSPS) is 24.8. The molecule has 2 aliphatic rings. The molecule has 2 unspecified atom stereocenters. The summed E-state index contributed by atoms with van der Waals surface area (Å²) in [6, 6.07) is 4.21. The fourth-order valence-corrected chi connectivity index (χ4v) is 5.53. The van der Waals surface area contributed by atoms with Gasteiger partial charge in [-0.15, -0.1) is 0 Å². The number of aromatic nitrogens is 1. The Labute approximate surface area is 142 Å². The lowest BCUT2D eigenvalue weighted by molar-refractivity contribution is -0.136. The van der Waals surface area contributed by atoms with Crippen LogP contribution in [0.25, 0.3) is 10.8 Å². The Morgan fingerprint density at radius 1 is 1.20 bits per heavy atom. The topological polar surface area (TPSA) is 62.3 Å². The van der Waals surface area contributed by atoms with Gasteiger partial charge in [-0.05, 0) is 24.9 Å². The number of rotatable bonds is 2. The van der Waals surface area contributed by atoms with Gasteiger partial charge in [0.05, 0.1) is 10.5 Å². The van der Waals surface area contributed by atoms with Gasteiger partial charge in [0, 0.05) is 42.3 Å². The van der Waals surface area contributed by atoms with Crippen LogP contribution in [0, 0.1) is 5.92 Å². The molecule has 0 bridgehead atoms. The zero-order chi connectivity index (χ0) is 17.8. The van der Waals surface area contributed by atoms with E-state index in [4.69, 9.17) is 0 Å². The Morgan fingerprint density at radius 3 is 2.72 bits per heavy atom. The van der Waals surface area contributed by atoms with Crippen LogP contribution in [0.3, 0.4) is 0 Å². The number of nitrogens with one attached hydrogen (secondary N) is 1. The molecule has 2 aromatic rings. The summed E-state index contributed by atoms with van der Waals surface area (Å²) in [5, 5.41) is 3.10. The molecule has 0 amide bonds. The number of hydrogen-bond acceptors (Lipinski definition) is 4. The van der Waals surface area contributed by atoms with Gasteiger partial charge in [0.25, 0.3) is 0 Å². The molecule has 2 aliphatic heterocycles. The maximum atomic E-state index is 13.4. The minimum absolute atomic E-state index is 0.0773. The minimum atomic E-state index is -4.68. The first-order valence-electron chi connectivity index (χ1n) is 7.96. The quantitative estimate of drug-likeness (QED) is 0.880. The number of fused-ring (bicyclic) bond motifs is 2. The minimum Gasteiger partial charge on any atom is -0.312 e. The molecule has 2 fully saturated rings. The third-order valence-electron chi connectivity index (χ3n) is 5.00. The molecule has 1 aromatic carbocycles. The third kappa shape index (κ3) is 2.70. The summed E-state index contributed by atoms with van der Waals surface area (Å²) in [4.78, 5) is 3.30. The second-order valence-corrected chi connectivity index (χ2v) is 8.38. The average Bonchev–Trinajstić information content (AvgIpc) is 3.14. The molecule has 1 aromatic heterocycles. The molecule has 4 rings (SSSR count). The van der Waals surface area contributed by atoms with Crippen molar-refractivity contribution in [2.24, 2.45) is 5.92 Å². The highest BCUT2D eigenvalue weighted by Crippen LogP contribution is 2.39. The molecule has 0 spiro atoms. The van der Waals surface area contributed by atoms with Crippen LogP contribution in [-0.2, 0) is 16.2 Å². The molecule has 3 heterocycles. The van der Waals surface area contributed by atoms with Gasteiger partial charge in [0.2, 0.25) is 10.0 Å². The molecule has 2 saturated heterocycles. The second kappa shape index (κ2) is 5.65. The maximum absolute atomic E-state index is 13.4. The smallest absolute Gasteiger partial charge is 0.312 e. The van der Waals surface area contributed by atoms with E-state index in [1.165, 1.54) is 28.7 Å². The highest BCUT2D eigenvalue weighted by atomic mass is 32.2. The third-order valence-corrected chi connectivity index (χ3v) is 6.87. The monoisotopic (exact) mass is 371 g/mol. The van der Waals surface area contributed by atoms with E-state index in [-0.39, 0.29) is 34.2 Å². The molecule has 1 N–H and O–H groups in total. The van der Waals surface area contributed by atoms with Crippen LogP contribution in [0.4, 0.5) is 13.2 Å². The fourth-order valence-electron chi connectivity index (χ4n) is 3.78. The van der Waals surface area contributed by atoms with Gasteiger partial charge in [-0.1, -0.05) is 12.1 Å². The highest BCUT2D eigenvalue weighted by Gasteiger charge is 2.43. The molecule has 2 atom stereocenters. The van der Waals surface area contributed by atoms with Crippen molar-refractivity contribution in [3.8, 4) is 0 Å². The number of halogens is 3. The van der Waals surface area contributed by atoms with Crippen molar-refractivity contribution in [1.82, 2.24) is 14.6 Å². The first-order valence-corrected chi connectivity index (χ1v) is 9.40. The summed E-state index contributed by atoms with van der Waals surface area (Å²) in [7, 11) is -4.02. The van der Waals surface area contributed by atoms with Crippen molar-refractivity contribution < 1.29 is 21.6 Å². The number of hydrogen-bond donors (Lipinski definition) is 1. The molecule has 25 heavy (non-hydrogen) atoms. The molecule has 134 valence electrons. The summed E-state index contributed by atoms with van der Waals surface area (Å²) in [5.74, 6) is 0.216. The second-order valence-electron chi connectivity index (χ2n) is 6.47. The van der Waals surface area contributed by atoms with Crippen molar-refractivity contribution in [2.45, 2.75) is 23.5 Å². The van der Waals surface area contributed by atoms with Crippen LogP contribution in [0.15, 0.2) is 35.5 Å². The SMILES string of the molecule is O=S(=O)(c1cccc2cncc(C(F)(F)F)c12)N1CC2CCNC2C1. The zero-order valence-electron chi connectivity index (χ0n) is 13.1. The van der Waals surface area contributed by atoms with E-state index in [0.29, 0.717) is 12.7 Å². The van der Waals surface area contributed by atoms with Crippen LogP contribution in [0.1, 0.15) is 12.0 Å². The number of alkyl halides is 3. The summed E-state index contributed by atoms with van der Waals surface area (Å²) >= 11 is 0. The predicted octanol–water partition coefficient (Wildman–Crippen LogP) is 2.24. The van der Waals surface area contributed by atoms with Gasteiger partial charge in [-0.3, -0.25) is 4.98 Å². The van der Waals surface area contributed by atoms with Gasteiger partial charge in [0.15, 0.2) is 0 Å². The molecule has 0 aliphatic carbocycles. The van der Waals surface area contributed by atoms with Crippen molar-refractivity contribution in [1.29, 1.82) is 0 Å². The lowest BCUT2D eigenvalue weighted by Crippen LogP contribution is -2.34. The Balaban J connectivity index is 1.86. The van der Waals surface area contributed by atoms with E-state index in [2.05, 4.69) is 10.3 Å². The van der Waals surface area contributed by atoms with Gasteiger partial charge < -0.3 is 5.32 Å². The number of pyridine rings is 1. The maximum Gasteiger partial charge on any atom is 0.418 e. The lowest BCUT2D eigenvalue weighted by atomic mass is 10.1. The van der Waals surface area contributed by atoms with Crippen LogP contribution in [0.2, 0.25) is 0 Å². The Bertz CT molecular complexity index is 913. The lowest BCUT2D eigenvalue weighted by Gasteiger charge is -2.20. The van der Waals surface area contributed by atoms with Crippen molar-refractivity contribution in [3.05, 3.63) is 36.2 Å². The van der Waals surface area contributed by atoms with Crippen molar-refractivity contribution in [3.63, 3.8) is 0 Å². The molecular formula is C16H16F3N3O2S. The Morgan fingerprint density at radius 2 is 2.00 bits per heavy atom. The highest BCUT2D eigenvalue weighted by molar-refractivity contribution is 7.89. The van der Waals surface area contributed by atoms with E-state index < -0.39 is 21.8 Å². The van der Waals surface area contributed by atoms with Gasteiger partial charge in [-0.25, -0.2) is 8.42 Å². The van der Waals surface area contributed by atoms with Crippen LogP contribution >= 0.6 is 0 Å². The molecule has 0 radical (unpaired) electrons. The van der Waals surface area contributed by atoms with Crippen molar-refractivity contribution in [2.75, 3.05) is 19.6 Å². The summed E-state index contributed by atoms with van der Waals surface area (Å²) in [5.41, 5.74) is -1.03. The van der Waals surface area contributed by atoms with Gasteiger partial charge in [0.1, 0.15) is 0 Å². The van der Waals surface area contributed by atoms with Gasteiger partial charge in [-0.2, -0.15) is 17.5 Å². The summed E-state index contributed by atoms with van der Waals surface area (Å²) < 4.78 is 67.6. The van der Waals surface area contributed by atoms with E-state index in [1.807, 2.05) is 0 Å². The predicted molar refractivity (Wildman–Crippen MR) is 85.4 cm³/mol. The number of nitrogens with zero attached hydrogens (tertiary/aromatic N) is 2. The summed E-state index contributed by atoms with van der Waals surface area (Å²) in [6.45, 7) is 1.47. The first-order chi connectivity index (χ1) is 11.8. The average molecular weight is 371 g/mol. The van der Waals surface area contributed by atoms with Crippen LogP contribution in [-0.4, -0.2) is 43.4 Å². The van der Waals surface area contributed by atoms with E-state index in [1.54, 1.807) is 0 Å². The molecule has 0 saturated carbocycles. The standard InChI is InChI=1S/C16H16F3N3O2S/c17-16(18,19)12-7-20-6-10-2-1-3-14(15(10)12)25(23,24)22-8-11-4-5-21-13(11)9-22/h1-3,6-7,11,13,21H,4-5,8-9H2. The molecular weight excluding hydrogens is 355 g/mol.